The van der Waals surface area contributed by atoms with Gasteiger partial charge in [-0.15, -0.1) is 11.3 Å². The molecule has 0 amide bonds. The van der Waals surface area contributed by atoms with E-state index in [2.05, 4.69) is 24.1 Å². The van der Waals surface area contributed by atoms with Crippen LogP contribution in [0.2, 0.25) is 0 Å². The summed E-state index contributed by atoms with van der Waals surface area (Å²) in [5.74, 6) is 0.658. The van der Waals surface area contributed by atoms with E-state index in [0.29, 0.717) is 18.5 Å². The molecule has 4 rings (SSSR count). The Morgan fingerprint density at radius 3 is 2.88 bits per heavy atom. The van der Waals surface area contributed by atoms with E-state index in [1.165, 1.54) is 10.4 Å². The molecule has 0 radical (unpaired) electrons. The van der Waals surface area contributed by atoms with Crippen LogP contribution in [0.3, 0.4) is 0 Å². The molecule has 2 heterocycles. The van der Waals surface area contributed by atoms with Gasteiger partial charge in [0, 0.05) is 10.9 Å². The van der Waals surface area contributed by atoms with E-state index in [9.17, 15) is 4.79 Å². The van der Waals surface area contributed by atoms with Crippen LogP contribution in [0.25, 0.3) is 10.2 Å². The molecular weight excluding hydrogens is 342 g/mol. The number of aromatic nitrogens is 2. The number of rotatable bonds is 5. The van der Waals surface area contributed by atoms with E-state index in [1.54, 1.807) is 22.2 Å². The molecule has 1 aliphatic carbocycles. The maximum Gasteiger partial charge on any atom is 0.262 e. The van der Waals surface area contributed by atoms with E-state index in [1.807, 2.05) is 30.3 Å². The summed E-state index contributed by atoms with van der Waals surface area (Å²) in [5, 5.41) is 4.52. The van der Waals surface area contributed by atoms with Gasteiger partial charge in [-0.05, 0) is 42.9 Å². The van der Waals surface area contributed by atoms with Gasteiger partial charge < -0.3 is 5.32 Å². The number of fused-ring (bicyclic) bond motifs is 3. The lowest BCUT2D eigenvalue weighted by Gasteiger charge is -2.24. The number of benzene rings is 1. The average Bonchev–Trinajstić information content (AvgIpc) is 3.01. The van der Waals surface area contributed by atoms with E-state index in [-0.39, 0.29) is 5.56 Å². The molecule has 1 aliphatic rings. The molecule has 2 aromatic heterocycles. The minimum Gasteiger partial charge on any atom is -0.313 e. The van der Waals surface area contributed by atoms with Crippen molar-refractivity contribution in [3.63, 3.8) is 0 Å². The summed E-state index contributed by atoms with van der Waals surface area (Å²) < 4.78 is 1.74. The zero-order valence-electron chi connectivity index (χ0n) is 15.4. The molecule has 1 N–H and O–H groups in total. The van der Waals surface area contributed by atoms with E-state index in [0.717, 1.165) is 41.6 Å². The van der Waals surface area contributed by atoms with Gasteiger partial charge in [0.2, 0.25) is 0 Å². The van der Waals surface area contributed by atoms with Crippen LogP contribution in [0, 0.1) is 5.92 Å². The van der Waals surface area contributed by atoms with Crippen LogP contribution >= 0.6 is 11.3 Å². The van der Waals surface area contributed by atoms with Gasteiger partial charge in [-0.2, -0.15) is 0 Å². The largest absolute Gasteiger partial charge is 0.313 e. The highest BCUT2D eigenvalue weighted by Crippen LogP contribution is 2.33. The quantitative estimate of drug-likeness (QED) is 0.749. The van der Waals surface area contributed by atoms with Crippen molar-refractivity contribution >= 4 is 21.6 Å². The maximum absolute atomic E-state index is 13.1. The third-order valence-electron chi connectivity index (χ3n) is 5.05. The Bertz CT molecular complexity index is 959. The Balaban J connectivity index is 1.63. The number of thiophene rings is 1. The van der Waals surface area contributed by atoms with Gasteiger partial charge in [0.05, 0.1) is 18.3 Å². The summed E-state index contributed by atoms with van der Waals surface area (Å²) in [4.78, 5) is 19.9. The number of aryl methyl sites for hydroxylation is 1. The first kappa shape index (κ1) is 17.4. The summed E-state index contributed by atoms with van der Waals surface area (Å²) in [6.45, 7) is 6.10. The van der Waals surface area contributed by atoms with Crippen molar-refractivity contribution in [2.75, 3.05) is 6.54 Å². The summed E-state index contributed by atoms with van der Waals surface area (Å²) in [6, 6.07) is 10.6. The molecule has 0 spiro atoms. The van der Waals surface area contributed by atoms with Crippen LogP contribution in [0.4, 0.5) is 0 Å². The smallest absolute Gasteiger partial charge is 0.262 e. The van der Waals surface area contributed by atoms with Crippen LogP contribution in [0.1, 0.15) is 36.3 Å². The fourth-order valence-electron chi connectivity index (χ4n) is 3.67. The lowest BCUT2D eigenvalue weighted by Crippen LogP contribution is -2.36. The highest BCUT2D eigenvalue weighted by molar-refractivity contribution is 7.18. The van der Waals surface area contributed by atoms with Crippen LogP contribution in [0.15, 0.2) is 41.5 Å². The van der Waals surface area contributed by atoms with E-state index < -0.39 is 0 Å². The molecule has 0 bridgehead atoms. The molecule has 0 aliphatic heterocycles. The normalized spacial score (nSPS) is 17.0. The van der Waals surface area contributed by atoms with Crippen molar-refractivity contribution in [1.82, 2.24) is 14.9 Å². The van der Waals surface area contributed by atoms with Crippen molar-refractivity contribution in [3.05, 3.63) is 63.0 Å². The maximum atomic E-state index is 13.1. The summed E-state index contributed by atoms with van der Waals surface area (Å²) in [7, 11) is 0. The Labute approximate surface area is 157 Å². The monoisotopic (exact) mass is 367 g/mol. The van der Waals surface area contributed by atoms with Crippen LogP contribution in [-0.2, 0) is 19.4 Å². The molecule has 1 aromatic carbocycles. The minimum absolute atomic E-state index is 0.102. The fraction of sp³-hybridized carbons (Fsp3) is 0.429. The van der Waals surface area contributed by atoms with E-state index >= 15 is 0 Å². The zero-order valence-corrected chi connectivity index (χ0v) is 16.2. The van der Waals surface area contributed by atoms with Crippen molar-refractivity contribution in [1.29, 1.82) is 0 Å². The highest BCUT2D eigenvalue weighted by Gasteiger charge is 2.25. The number of hydrogen-bond acceptors (Lipinski definition) is 4. The predicted molar refractivity (Wildman–Crippen MR) is 108 cm³/mol. The second kappa shape index (κ2) is 7.33. The van der Waals surface area contributed by atoms with Gasteiger partial charge in [-0.25, -0.2) is 4.98 Å². The molecule has 0 saturated carbocycles. The molecule has 3 aromatic rings. The molecule has 5 heteroatoms. The molecule has 1 atom stereocenters. The summed E-state index contributed by atoms with van der Waals surface area (Å²) in [6.07, 6.45) is 4.78. The molecule has 0 fully saturated rings. The molecule has 0 saturated heterocycles. The second-order valence-corrected chi connectivity index (χ2v) is 8.67. The van der Waals surface area contributed by atoms with Gasteiger partial charge in [-0.1, -0.05) is 44.2 Å². The van der Waals surface area contributed by atoms with Gasteiger partial charge in [0.25, 0.3) is 5.56 Å². The van der Waals surface area contributed by atoms with Gasteiger partial charge >= 0.3 is 0 Å². The van der Waals surface area contributed by atoms with Gasteiger partial charge in [-0.3, -0.25) is 9.36 Å². The number of nitrogens with one attached hydrogen (secondary N) is 1. The Kier molecular flexibility index (Phi) is 4.92. The second-order valence-electron chi connectivity index (χ2n) is 7.59. The zero-order chi connectivity index (χ0) is 18.1. The Morgan fingerprint density at radius 1 is 1.31 bits per heavy atom. The third-order valence-corrected chi connectivity index (χ3v) is 6.21. The average molecular weight is 368 g/mol. The van der Waals surface area contributed by atoms with Crippen LogP contribution < -0.4 is 10.9 Å². The standard InChI is InChI=1S/C21H25N3OS/c1-14(2)11-22-16-8-9-17-18(10-16)26-20-19(17)21(25)24(13-23-20)12-15-6-4-3-5-7-15/h3-7,13-14,16,22H,8-12H2,1-2H3. The van der Waals surface area contributed by atoms with Crippen molar-refractivity contribution < 1.29 is 0 Å². The fourth-order valence-corrected chi connectivity index (χ4v) is 4.93. The lowest BCUT2D eigenvalue weighted by molar-refractivity contribution is 0.429. The molecule has 136 valence electrons. The van der Waals surface area contributed by atoms with Crippen molar-refractivity contribution in [2.45, 2.75) is 45.7 Å². The summed E-state index contributed by atoms with van der Waals surface area (Å²) in [5.41, 5.74) is 2.47. The first-order valence-electron chi connectivity index (χ1n) is 9.39. The Hall–Kier alpha value is -1.98. The van der Waals surface area contributed by atoms with Crippen molar-refractivity contribution in [3.8, 4) is 0 Å². The Morgan fingerprint density at radius 2 is 2.12 bits per heavy atom. The highest BCUT2D eigenvalue weighted by atomic mass is 32.1. The molecule has 1 unspecified atom stereocenters. The number of nitrogens with zero attached hydrogens (tertiary/aromatic N) is 2. The SMILES string of the molecule is CC(C)CNC1CCc2c(sc3ncn(Cc4ccccc4)c(=O)c23)C1. The van der Waals surface area contributed by atoms with Crippen LogP contribution in [-0.4, -0.2) is 22.1 Å². The topological polar surface area (TPSA) is 46.9 Å². The van der Waals surface area contributed by atoms with Crippen LogP contribution in [0.5, 0.6) is 0 Å². The first-order valence-corrected chi connectivity index (χ1v) is 10.2. The molecule has 4 nitrogen and oxygen atoms in total. The van der Waals surface area contributed by atoms with Gasteiger partial charge in [0.15, 0.2) is 0 Å². The van der Waals surface area contributed by atoms with Crippen molar-refractivity contribution in [2.24, 2.45) is 5.92 Å². The molecular formula is C21H25N3OS. The number of hydrogen-bond donors (Lipinski definition) is 1. The van der Waals surface area contributed by atoms with Gasteiger partial charge in [0.1, 0.15) is 4.83 Å². The first-order chi connectivity index (χ1) is 12.6. The minimum atomic E-state index is 0.102. The third kappa shape index (κ3) is 3.46. The van der Waals surface area contributed by atoms with E-state index in [4.69, 9.17) is 0 Å². The molecule has 26 heavy (non-hydrogen) atoms. The predicted octanol–water partition coefficient (Wildman–Crippen LogP) is 3.61. The summed E-state index contributed by atoms with van der Waals surface area (Å²) >= 11 is 1.70. The lowest BCUT2D eigenvalue weighted by atomic mass is 9.93.